The predicted octanol–water partition coefficient (Wildman–Crippen LogP) is 22.5. The van der Waals surface area contributed by atoms with Crippen LogP contribution in [0.2, 0.25) is 0 Å². The van der Waals surface area contributed by atoms with E-state index in [1.165, 1.54) is 103 Å². The molecule has 0 aliphatic rings. The van der Waals surface area contributed by atoms with Gasteiger partial charge in [-0.05, 0) is 135 Å². The van der Waals surface area contributed by atoms with Gasteiger partial charge in [0.15, 0.2) is 6.10 Å². The molecule has 448 valence electrons. The lowest BCUT2D eigenvalue weighted by Crippen LogP contribution is -2.30. The summed E-state index contributed by atoms with van der Waals surface area (Å²) >= 11 is 0. The fraction of sp³-hybridized carbons (Fsp3) is 0.658. The van der Waals surface area contributed by atoms with Gasteiger partial charge in [-0.25, -0.2) is 0 Å². The maximum Gasteiger partial charge on any atom is 0.306 e. The second-order valence-corrected chi connectivity index (χ2v) is 21.3. The second-order valence-electron chi connectivity index (χ2n) is 21.3. The minimum atomic E-state index is -0.802. The molecule has 0 N–H and O–H groups in total. The van der Waals surface area contributed by atoms with Crippen LogP contribution in [-0.4, -0.2) is 37.2 Å². The zero-order chi connectivity index (χ0) is 57.1. The Hall–Kier alpha value is -4.45. The number of esters is 3. The molecule has 0 aromatic rings. The third kappa shape index (κ3) is 64.3. The van der Waals surface area contributed by atoms with Gasteiger partial charge in [0.25, 0.3) is 0 Å². The van der Waals surface area contributed by atoms with Gasteiger partial charge in [0.05, 0.1) is 0 Å². The van der Waals surface area contributed by atoms with Crippen molar-refractivity contribution in [2.45, 2.75) is 297 Å². The summed E-state index contributed by atoms with van der Waals surface area (Å²) < 4.78 is 16.9. The molecule has 0 fully saturated rings. The predicted molar refractivity (Wildman–Crippen MR) is 343 cm³/mol. The molecule has 0 bridgehead atoms. The third-order valence-electron chi connectivity index (χ3n) is 13.6. The Labute approximate surface area is 487 Å². The minimum Gasteiger partial charge on any atom is -0.462 e. The van der Waals surface area contributed by atoms with Crippen LogP contribution in [-0.2, 0) is 28.6 Å². The lowest BCUT2D eigenvalue weighted by Gasteiger charge is -2.18. The van der Waals surface area contributed by atoms with Crippen LogP contribution in [0.3, 0.4) is 0 Å². The van der Waals surface area contributed by atoms with Gasteiger partial charge >= 0.3 is 17.9 Å². The molecule has 0 aromatic heterocycles. The number of carbonyl (C=O) groups is 3. The van der Waals surface area contributed by atoms with Gasteiger partial charge in [0, 0.05) is 19.3 Å². The molecular formula is C73H120O6. The maximum absolute atomic E-state index is 12.9. The smallest absolute Gasteiger partial charge is 0.306 e. The van der Waals surface area contributed by atoms with Gasteiger partial charge in [-0.2, -0.15) is 0 Å². The van der Waals surface area contributed by atoms with Crippen LogP contribution in [0, 0.1) is 0 Å². The van der Waals surface area contributed by atoms with Gasteiger partial charge in [-0.15, -0.1) is 0 Å². The monoisotopic (exact) mass is 1090 g/mol. The van der Waals surface area contributed by atoms with Crippen LogP contribution >= 0.6 is 0 Å². The first-order chi connectivity index (χ1) is 39.0. The van der Waals surface area contributed by atoms with Crippen LogP contribution in [0.25, 0.3) is 0 Å². The summed E-state index contributed by atoms with van der Waals surface area (Å²) in [4.78, 5) is 38.4. The van der Waals surface area contributed by atoms with Crippen molar-refractivity contribution >= 4 is 17.9 Å². The molecule has 0 aromatic carbocycles. The zero-order valence-corrected chi connectivity index (χ0v) is 51.3. The number of allylic oxidation sites excluding steroid dienone is 22. The molecule has 0 saturated heterocycles. The largest absolute Gasteiger partial charge is 0.462 e. The highest BCUT2D eigenvalue weighted by Gasteiger charge is 2.19. The van der Waals surface area contributed by atoms with E-state index in [0.29, 0.717) is 19.3 Å². The number of hydrogen-bond acceptors (Lipinski definition) is 6. The van der Waals surface area contributed by atoms with E-state index in [0.717, 1.165) is 148 Å². The minimum absolute atomic E-state index is 0.0951. The van der Waals surface area contributed by atoms with Crippen molar-refractivity contribution in [2.75, 3.05) is 13.2 Å². The van der Waals surface area contributed by atoms with Gasteiger partial charge in [-0.1, -0.05) is 270 Å². The highest BCUT2D eigenvalue weighted by Crippen LogP contribution is 2.15. The molecular weight excluding hydrogens is 973 g/mol. The topological polar surface area (TPSA) is 78.9 Å². The van der Waals surface area contributed by atoms with Crippen molar-refractivity contribution in [2.24, 2.45) is 0 Å². The van der Waals surface area contributed by atoms with Crippen molar-refractivity contribution < 1.29 is 28.6 Å². The quantitative estimate of drug-likeness (QED) is 0.0261. The lowest BCUT2D eigenvalue weighted by molar-refractivity contribution is -0.167. The van der Waals surface area contributed by atoms with Crippen molar-refractivity contribution in [3.05, 3.63) is 134 Å². The Morgan fingerprint density at radius 1 is 0.266 bits per heavy atom. The highest BCUT2D eigenvalue weighted by atomic mass is 16.6. The van der Waals surface area contributed by atoms with E-state index in [1.54, 1.807) is 0 Å². The Kier molecular flexibility index (Phi) is 62.3. The molecule has 1 unspecified atom stereocenters. The Morgan fingerprint density at radius 3 is 0.785 bits per heavy atom. The summed E-state index contributed by atoms with van der Waals surface area (Å²) in [7, 11) is 0. The van der Waals surface area contributed by atoms with Gasteiger partial charge < -0.3 is 14.2 Å². The Morgan fingerprint density at radius 2 is 0.494 bits per heavy atom. The summed E-state index contributed by atoms with van der Waals surface area (Å²) in [5.41, 5.74) is 0. The number of unbranched alkanes of at least 4 members (excludes halogenated alkanes) is 25. The number of ether oxygens (including phenoxy) is 3. The summed E-state index contributed by atoms with van der Waals surface area (Å²) in [6, 6.07) is 0. The first-order valence-corrected chi connectivity index (χ1v) is 32.7. The lowest BCUT2D eigenvalue weighted by atomic mass is 10.1. The molecule has 0 rings (SSSR count). The maximum atomic E-state index is 12.9. The van der Waals surface area contributed by atoms with Crippen LogP contribution in [0.4, 0.5) is 0 Å². The van der Waals surface area contributed by atoms with Gasteiger partial charge in [0.2, 0.25) is 0 Å². The molecule has 0 amide bonds. The average Bonchev–Trinajstić information content (AvgIpc) is 3.45. The fourth-order valence-corrected chi connectivity index (χ4v) is 8.79. The van der Waals surface area contributed by atoms with E-state index in [9.17, 15) is 14.4 Å². The molecule has 0 heterocycles. The normalized spacial score (nSPS) is 13.0. The van der Waals surface area contributed by atoms with Crippen molar-refractivity contribution in [3.8, 4) is 0 Å². The fourth-order valence-electron chi connectivity index (χ4n) is 8.79. The SMILES string of the molecule is CC/C=C\C/C=C\C/C=C\C/C=C\C/C=C\CCCCCCCCCC(=O)OCC(COC(=O)CCCCCCCCC/C=C\CCCCCCCC)OC(=O)CCCCCCC/C=C\C/C=C\C/C=C\C/C=C\C/C=C\CC. The van der Waals surface area contributed by atoms with Crippen molar-refractivity contribution in [1.29, 1.82) is 0 Å². The molecule has 0 aliphatic carbocycles. The van der Waals surface area contributed by atoms with E-state index in [-0.39, 0.29) is 31.1 Å². The van der Waals surface area contributed by atoms with Gasteiger partial charge in [0.1, 0.15) is 13.2 Å². The van der Waals surface area contributed by atoms with E-state index in [4.69, 9.17) is 14.2 Å². The summed E-state index contributed by atoms with van der Waals surface area (Å²) in [6.07, 6.45) is 93.0. The van der Waals surface area contributed by atoms with E-state index in [2.05, 4.69) is 154 Å². The first-order valence-electron chi connectivity index (χ1n) is 32.7. The Balaban J connectivity index is 4.47. The molecule has 0 saturated carbocycles. The molecule has 6 nitrogen and oxygen atoms in total. The van der Waals surface area contributed by atoms with Gasteiger partial charge in [-0.3, -0.25) is 14.4 Å². The Bertz CT molecular complexity index is 1680. The van der Waals surface area contributed by atoms with Crippen LogP contribution in [0.15, 0.2) is 134 Å². The molecule has 0 aliphatic heterocycles. The standard InChI is InChI=1S/C73H120O6/c1-4-7-10-13-16-19-22-25-28-31-33-35-36-38-39-42-45-48-51-54-57-60-63-66-72(75)78-69-70(68-77-71(74)65-62-59-56-53-50-47-44-41-30-27-24-21-18-15-12-9-6-3)79-73(76)67-64-61-58-55-52-49-46-43-40-37-34-32-29-26-23-20-17-14-11-8-5-2/h7-8,10-11,16-17,19-20,25-30,33-35,37-39,43,46,70H,4-6,9,12-15,18,21-24,31-32,36,40-42,44-45,47-69H2,1-3H3/b10-7-,11-8-,19-16-,20-17-,28-25-,29-26-,30-27-,35-33-,37-34-,39-38-,46-43-. The summed E-state index contributed by atoms with van der Waals surface area (Å²) in [6.45, 7) is 6.40. The van der Waals surface area contributed by atoms with Crippen LogP contribution < -0.4 is 0 Å². The second kappa shape index (κ2) is 66.1. The van der Waals surface area contributed by atoms with Crippen molar-refractivity contribution in [3.63, 3.8) is 0 Å². The molecule has 79 heavy (non-hydrogen) atoms. The highest BCUT2D eigenvalue weighted by molar-refractivity contribution is 5.71. The van der Waals surface area contributed by atoms with E-state index < -0.39 is 6.10 Å². The number of carbonyl (C=O) groups excluding carboxylic acids is 3. The first kappa shape index (κ1) is 74.5. The number of rotatable bonds is 58. The third-order valence-corrected chi connectivity index (χ3v) is 13.6. The molecule has 6 heteroatoms. The molecule has 1 atom stereocenters. The number of hydrogen-bond donors (Lipinski definition) is 0. The van der Waals surface area contributed by atoms with Crippen molar-refractivity contribution in [1.82, 2.24) is 0 Å². The van der Waals surface area contributed by atoms with E-state index in [1.807, 2.05) is 0 Å². The molecule has 0 spiro atoms. The van der Waals surface area contributed by atoms with Crippen LogP contribution in [0.1, 0.15) is 290 Å². The average molecular weight is 1090 g/mol. The zero-order valence-electron chi connectivity index (χ0n) is 51.3. The van der Waals surface area contributed by atoms with Crippen LogP contribution in [0.5, 0.6) is 0 Å². The molecule has 0 radical (unpaired) electrons. The van der Waals surface area contributed by atoms with E-state index >= 15 is 0 Å². The summed E-state index contributed by atoms with van der Waals surface area (Å²) in [5.74, 6) is -0.925. The summed E-state index contributed by atoms with van der Waals surface area (Å²) in [5, 5.41) is 0.